The maximum absolute atomic E-state index is 13.4. The van der Waals surface area contributed by atoms with Crippen LogP contribution in [0.25, 0.3) is 0 Å². The molecular weight excluding hydrogens is 341 g/mol. The van der Waals surface area contributed by atoms with Crippen LogP contribution in [0.5, 0.6) is 0 Å². The van der Waals surface area contributed by atoms with E-state index < -0.39 is 0 Å². The maximum Gasteiger partial charge on any atom is 0.322 e. The quantitative estimate of drug-likeness (QED) is 0.692. The van der Waals surface area contributed by atoms with Crippen LogP contribution in [0.4, 0.5) is 14.9 Å². The summed E-state index contributed by atoms with van der Waals surface area (Å²) in [4.78, 5) is 15.0. The number of carbonyl (C=O) groups excluding carboxylic acids is 1. The van der Waals surface area contributed by atoms with Crippen molar-refractivity contribution in [3.63, 3.8) is 0 Å². The van der Waals surface area contributed by atoms with Crippen molar-refractivity contribution in [3.8, 4) is 0 Å². The van der Waals surface area contributed by atoms with E-state index in [2.05, 4.69) is 9.88 Å². The van der Waals surface area contributed by atoms with E-state index in [1.54, 1.807) is 12.1 Å². The van der Waals surface area contributed by atoms with Gasteiger partial charge in [-0.05, 0) is 60.9 Å². The molecule has 1 aliphatic rings. The summed E-state index contributed by atoms with van der Waals surface area (Å²) in [5.74, 6) is -0.281. The number of nitrogens with zero attached hydrogens (tertiary/aromatic N) is 2. The van der Waals surface area contributed by atoms with Crippen LogP contribution < -0.4 is 5.32 Å². The van der Waals surface area contributed by atoms with Crippen LogP contribution in [0.1, 0.15) is 28.4 Å². The van der Waals surface area contributed by atoms with Crippen molar-refractivity contribution < 1.29 is 9.18 Å². The lowest BCUT2D eigenvalue weighted by molar-refractivity contribution is 0.182. The number of rotatable bonds is 2. The second-order valence-electron chi connectivity index (χ2n) is 6.95. The highest BCUT2D eigenvalue weighted by Gasteiger charge is 2.32. The van der Waals surface area contributed by atoms with Gasteiger partial charge in [0.05, 0.1) is 6.04 Å². The lowest BCUT2D eigenvalue weighted by Gasteiger charge is -2.37. The molecule has 5 heteroatoms. The lowest BCUT2D eigenvalue weighted by Crippen LogP contribution is -2.44. The van der Waals surface area contributed by atoms with Crippen LogP contribution in [0, 0.1) is 19.7 Å². The number of urea groups is 1. The van der Waals surface area contributed by atoms with E-state index in [9.17, 15) is 9.18 Å². The van der Waals surface area contributed by atoms with Crippen molar-refractivity contribution >= 4 is 11.7 Å². The molecule has 4 rings (SSSR count). The second-order valence-corrected chi connectivity index (χ2v) is 6.95. The number of amides is 2. The van der Waals surface area contributed by atoms with E-state index in [-0.39, 0.29) is 17.9 Å². The first-order chi connectivity index (χ1) is 13.0. The molecule has 4 nitrogen and oxygen atoms in total. The Labute approximate surface area is 158 Å². The van der Waals surface area contributed by atoms with E-state index in [1.165, 1.54) is 12.1 Å². The van der Waals surface area contributed by atoms with Crippen molar-refractivity contribution in [1.29, 1.82) is 0 Å². The number of aryl methyl sites for hydroxylation is 1. The van der Waals surface area contributed by atoms with Crippen LogP contribution >= 0.6 is 0 Å². The standard InChI is InChI=1S/C22H22FN3O/c1-15-5-3-6-19(16(15)2)24-22(27)26-14-13-25-12-4-7-20(25)21(26)17-8-10-18(23)11-9-17/h3-12,21H,13-14H2,1-2H3,(H,24,27). The number of anilines is 1. The number of nitrogens with one attached hydrogen (secondary N) is 1. The third-order valence-electron chi connectivity index (χ3n) is 5.33. The largest absolute Gasteiger partial charge is 0.348 e. The topological polar surface area (TPSA) is 37.3 Å². The average Bonchev–Trinajstić information content (AvgIpc) is 3.14. The number of hydrogen-bond acceptors (Lipinski definition) is 1. The van der Waals surface area contributed by atoms with Gasteiger partial charge in [0.25, 0.3) is 0 Å². The van der Waals surface area contributed by atoms with Crippen LogP contribution in [-0.2, 0) is 6.54 Å². The third-order valence-corrected chi connectivity index (χ3v) is 5.33. The zero-order valence-corrected chi connectivity index (χ0v) is 15.4. The Morgan fingerprint density at radius 2 is 1.81 bits per heavy atom. The Morgan fingerprint density at radius 1 is 1.04 bits per heavy atom. The van der Waals surface area contributed by atoms with E-state index in [1.807, 2.05) is 55.3 Å². The molecule has 138 valence electrons. The number of benzene rings is 2. The summed E-state index contributed by atoms with van der Waals surface area (Å²) in [6.07, 6.45) is 2.02. The number of carbonyl (C=O) groups is 1. The van der Waals surface area contributed by atoms with E-state index >= 15 is 0 Å². The normalized spacial score (nSPS) is 16.1. The fourth-order valence-corrected chi connectivity index (χ4v) is 3.67. The van der Waals surface area contributed by atoms with Crippen molar-refractivity contribution in [2.24, 2.45) is 0 Å². The highest BCUT2D eigenvalue weighted by atomic mass is 19.1. The Kier molecular flexibility index (Phi) is 4.44. The van der Waals surface area contributed by atoms with Crippen LogP contribution in [0.2, 0.25) is 0 Å². The summed E-state index contributed by atoms with van der Waals surface area (Å²) in [5.41, 5.74) is 4.94. The van der Waals surface area contributed by atoms with Crippen LogP contribution in [-0.4, -0.2) is 22.0 Å². The van der Waals surface area contributed by atoms with Gasteiger partial charge in [0.15, 0.2) is 0 Å². The Hall–Kier alpha value is -3.08. The van der Waals surface area contributed by atoms with Gasteiger partial charge in [-0.3, -0.25) is 0 Å². The summed E-state index contributed by atoms with van der Waals surface area (Å²) in [6, 6.07) is 15.9. The summed E-state index contributed by atoms with van der Waals surface area (Å²) < 4.78 is 15.6. The summed E-state index contributed by atoms with van der Waals surface area (Å²) >= 11 is 0. The molecule has 1 unspecified atom stereocenters. The SMILES string of the molecule is Cc1cccc(NC(=O)N2CCn3cccc3C2c2ccc(F)cc2)c1C. The molecule has 2 amide bonds. The van der Waals surface area contributed by atoms with Crippen molar-refractivity contribution in [2.45, 2.75) is 26.4 Å². The molecule has 1 aromatic heterocycles. The molecule has 0 saturated heterocycles. The molecule has 0 fully saturated rings. The fourth-order valence-electron chi connectivity index (χ4n) is 3.67. The molecule has 0 aliphatic carbocycles. The summed E-state index contributed by atoms with van der Waals surface area (Å²) in [7, 11) is 0. The highest BCUT2D eigenvalue weighted by Crippen LogP contribution is 2.33. The third kappa shape index (κ3) is 3.21. The smallest absolute Gasteiger partial charge is 0.322 e. The van der Waals surface area contributed by atoms with Crippen LogP contribution in [0.3, 0.4) is 0 Å². The van der Waals surface area contributed by atoms with Gasteiger partial charge < -0.3 is 14.8 Å². The minimum absolute atomic E-state index is 0.148. The molecule has 1 aliphatic heterocycles. The number of fused-ring (bicyclic) bond motifs is 1. The zero-order valence-electron chi connectivity index (χ0n) is 15.4. The Balaban J connectivity index is 1.68. The summed E-state index contributed by atoms with van der Waals surface area (Å²) in [6.45, 7) is 5.35. The molecule has 0 radical (unpaired) electrons. The number of halogens is 1. The maximum atomic E-state index is 13.4. The van der Waals surface area contributed by atoms with Gasteiger partial charge in [-0.1, -0.05) is 24.3 Å². The summed E-state index contributed by atoms with van der Waals surface area (Å²) in [5, 5.41) is 3.06. The minimum atomic E-state index is -0.281. The predicted octanol–water partition coefficient (Wildman–Crippen LogP) is 4.88. The number of hydrogen-bond donors (Lipinski definition) is 1. The number of aromatic nitrogens is 1. The Bertz CT molecular complexity index is 977. The molecular formula is C22H22FN3O. The lowest BCUT2D eigenvalue weighted by atomic mass is 10.00. The predicted molar refractivity (Wildman–Crippen MR) is 104 cm³/mol. The van der Waals surface area contributed by atoms with Crippen LogP contribution in [0.15, 0.2) is 60.8 Å². The molecule has 0 bridgehead atoms. The van der Waals surface area contributed by atoms with Crippen molar-refractivity contribution in [3.05, 3.63) is 89.0 Å². The van der Waals surface area contributed by atoms with Gasteiger partial charge in [-0.25, -0.2) is 9.18 Å². The van der Waals surface area contributed by atoms with Gasteiger partial charge in [-0.2, -0.15) is 0 Å². The molecule has 0 saturated carbocycles. The molecule has 2 heterocycles. The fraction of sp³-hybridized carbons (Fsp3) is 0.227. The second kappa shape index (κ2) is 6.91. The molecule has 1 N–H and O–H groups in total. The molecule has 27 heavy (non-hydrogen) atoms. The molecule has 3 aromatic rings. The van der Waals surface area contributed by atoms with Crippen molar-refractivity contribution in [2.75, 3.05) is 11.9 Å². The van der Waals surface area contributed by atoms with E-state index in [0.717, 1.165) is 34.6 Å². The van der Waals surface area contributed by atoms with E-state index in [4.69, 9.17) is 0 Å². The Morgan fingerprint density at radius 3 is 2.59 bits per heavy atom. The monoisotopic (exact) mass is 363 g/mol. The average molecular weight is 363 g/mol. The van der Waals surface area contributed by atoms with Gasteiger partial charge >= 0.3 is 6.03 Å². The van der Waals surface area contributed by atoms with Gasteiger partial charge in [0.1, 0.15) is 5.82 Å². The first kappa shape index (κ1) is 17.3. The zero-order chi connectivity index (χ0) is 19.0. The van der Waals surface area contributed by atoms with Gasteiger partial charge in [0.2, 0.25) is 0 Å². The molecule has 0 spiro atoms. The van der Waals surface area contributed by atoms with Crippen molar-refractivity contribution in [1.82, 2.24) is 9.47 Å². The van der Waals surface area contributed by atoms with E-state index in [0.29, 0.717) is 6.54 Å². The first-order valence-corrected chi connectivity index (χ1v) is 9.09. The highest BCUT2D eigenvalue weighted by molar-refractivity contribution is 5.91. The van der Waals surface area contributed by atoms with Gasteiger partial charge in [0, 0.05) is 30.7 Å². The minimum Gasteiger partial charge on any atom is -0.348 e. The molecule has 1 atom stereocenters. The van der Waals surface area contributed by atoms with Gasteiger partial charge in [-0.15, -0.1) is 0 Å². The first-order valence-electron chi connectivity index (χ1n) is 9.09. The molecule has 2 aromatic carbocycles.